The molecule has 1 saturated carbocycles. The summed E-state index contributed by atoms with van der Waals surface area (Å²) in [5, 5.41) is 4.27. The molecule has 1 aliphatic carbocycles. The highest BCUT2D eigenvalue weighted by atomic mass is 15.3. The van der Waals surface area contributed by atoms with Crippen molar-refractivity contribution in [3.63, 3.8) is 0 Å². The van der Waals surface area contributed by atoms with E-state index in [1.807, 2.05) is 16.9 Å². The molecule has 3 aromatic rings. The van der Waals surface area contributed by atoms with Crippen LogP contribution in [0.3, 0.4) is 0 Å². The Bertz CT molecular complexity index is 827. The zero-order valence-electron chi connectivity index (χ0n) is 13.7. The van der Waals surface area contributed by atoms with Crippen molar-refractivity contribution in [1.82, 2.24) is 24.2 Å². The molecule has 24 heavy (non-hydrogen) atoms. The molecule has 1 aromatic carbocycles. The lowest BCUT2D eigenvalue weighted by Crippen LogP contribution is -2.30. The molecule has 0 spiro atoms. The Hall–Kier alpha value is -2.40. The predicted octanol–water partition coefficient (Wildman–Crippen LogP) is 2.96. The van der Waals surface area contributed by atoms with E-state index in [-0.39, 0.29) is 0 Å². The van der Waals surface area contributed by atoms with Gasteiger partial charge in [0.1, 0.15) is 0 Å². The van der Waals surface area contributed by atoms with Crippen LogP contribution in [-0.2, 0) is 19.5 Å². The molecule has 0 radical (unpaired) electrons. The van der Waals surface area contributed by atoms with E-state index in [0.717, 1.165) is 37.8 Å². The average Bonchev–Trinajstić information content (AvgIpc) is 3.15. The van der Waals surface area contributed by atoms with Gasteiger partial charge in [0.25, 0.3) is 0 Å². The molecule has 1 aliphatic heterocycles. The Balaban J connectivity index is 1.28. The summed E-state index contributed by atoms with van der Waals surface area (Å²) in [4.78, 5) is 7.16. The molecule has 5 rings (SSSR count). The van der Waals surface area contributed by atoms with Crippen LogP contribution in [0.25, 0.3) is 5.69 Å². The van der Waals surface area contributed by atoms with Crippen molar-refractivity contribution in [2.45, 2.75) is 38.4 Å². The smallest absolute Gasteiger partial charge is 0.0954 e. The number of fused-ring (bicyclic) bond motifs is 1. The molecule has 2 aliphatic rings. The van der Waals surface area contributed by atoms with Gasteiger partial charge in [0.2, 0.25) is 0 Å². The van der Waals surface area contributed by atoms with E-state index in [1.54, 1.807) is 6.20 Å². The monoisotopic (exact) mass is 319 g/mol. The Kier molecular flexibility index (Phi) is 3.26. The third-order valence-electron chi connectivity index (χ3n) is 5.07. The first-order valence-electron chi connectivity index (χ1n) is 8.73. The van der Waals surface area contributed by atoms with Crippen molar-refractivity contribution in [2.75, 3.05) is 6.54 Å². The highest BCUT2D eigenvalue weighted by Crippen LogP contribution is 2.37. The van der Waals surface area contributed by atoms with E-state index < -0.39 is 0 Å². The zero-order valence-corrected chi connectivity index (χ0v) is 13.7. The summed E-state index contributed by atoms with van der Waals surface area (Å²) in [5.74, 6) is 0. The van der Waals surface area contributed by atoms with E-state index in [0.29, 0.717) is 0 Å². The topological polar surface area (TPSA) is 38.9 Å². The van der Waals surface area contributed by atoms with Gasteiger partial charge in [-0.25, -0.2) is 9.67 Å². The summed E-state index contributed by atoms with van der Waals surface area (Å²) in [6.07, 6.45) is 9.61. The van der Waals surface area contributed by atoms with E-state index in [2.05, 4.69) is 50.1 Å². The van der Waals surface area contributed by atoms with Crippen LogP contribution >= 0.6 is 0 Å². The van der Waals surface area contributed by atoms with Crippen LogP contribution in [0.4, 0.5) is 0 Å². The van der Waals surface area contributed by atoms with Gasteiger partial charge in [-0.1, -0.05) is 12.1 Å². The largest absolute Gasteiger partial charge is 0.331 e. The SMILES string of the molecule is c1cnn(-c2ccc(CN3CCc4c(ncn4C4CC4)C3)cc2)c1. The van der Waals surface area contributed by atoms with Gasteiger partial charge < -0.3 is 4.57 Å². The quantitative estimate of drug-likeness (QED) is 0.742. The Morgan fingerprint density at radius 1 is 1.12 bits per heavy atom. The zero-order chi connectivity index (χ0) is 15.9. The fourth-order valence-corrected chi connectivity index (χ4v) is 3.62. The lowest BCUT2D eigenvalue weighted by Gasteiger charge is -2.27. The summed E-state index contributed by atoms with van der Waals surface area (Å²) < 4.78 is 4.31. The standard InChI is InChI=1S/C19H21N5/c1-9-21-24(10-1)17-4-2-15(3-5-17)12-22-11-8-19-18(13-22)20-14-23(19)16-6-7-16/h1-5,9-10,14,16H,6-8,11-13H2. The molecule has 1 fully saturated rings. The highest BCUT2D eigenvalue weighted by Gasteiger charge is 2.29. The van der Waals surface area contributed by atoms with Crippen LogP contribution in [0.15, 0.2) is 49.1 Å². The van der Waals surface area contributed by atoms with Gasteiger partial charge in [-0.2, -0.15) is 5.10 Å². The van der Waals surface area contributed by atoms with Crippen LogP contribution in [0.5, 0.6) is 0 Å². The summed E-state index contributed by atoms with van der Waals surface area (Å²) in [7, 11) is 0. The summed E-state index contributed by atoms with van der Waals surface area (Å²) in [6.45, 7) is 3.07. The van der Waals surface area contributed by atoms with Crippen LogP contribution < -0.4 is 0 Å². The lowest BCUT2D eigenvalue weighted by molar-refractivity contribution is 0.239. The van der Waals surface area contributed by atoms with Crippen molar-refractivity contribution in [3.05, 3.63) is 66.0 Å². The minimum absolute atomic E-state index is 0.739. The second-order valence-corrected chi connectivity index (χ2v) is 6.85. The molecule has 5 heteroatoms. The number of aromatic nitrogens is 4. The molecular formula is C19H21N5. The Morgan fingerprint density at radius 3 is 2.75 bits per heavy atom. The number of benzene rings is 1. The van der Waals surface area contributed by atoms with Gasteiger partial charge in [0.05, 0.1) is 17.7 Å². The van der Waals surface area contributed by atoms with Crippen LogP contribution in [0, 0.1) is 0 Å². The number of nitrogens with zero attached hydrogens (tertiary/aromatic N) is 5. The first-order chi connectivity index (χ1) is 11.9. The van der Waals surface area contributed by atoms with Gasteiger partial charge in [-0.05, 0) is 36.6 Å². The molecular weight excluding hydrogens is 298 g/mol. The van der Waals surface area contributed by atoms with Gasteiger partial charge in [0, 0.05) is 50.2 Å². The maximum Gasteiger partial charge on any atom is 0.0954 e. The van der Waals surface area contributed by atoms with E-state index >= 15 is 0 Å². The summed E-state index contributed by atoms with van der Waals surface area (Å²) in [6, 6.07) is 11.4. The molecule has 5 nitrogen and oxygen atoms in total. The van der Waals surface area contributed by atoms with E-state index in [4.69, 9.17) is 0 Å². The summed E-state index contributed by atoms with van der Waals surface area (Å²) >= 11 is 0. The second kappa shape index (κ2) is 5.60. The molecule has 2 aromatic heterocycles. The van der Waals surface area contributed by atoms with Crippen LogP contribution in [-0.4, -0.2) is 30.8 Å². The van der Waals surface area contributed by atoms with Gasteiger partial charge in [0.15, 0.2) is 0 Å². The van der Waals surface area contributed by atoms with E-state index in [1.165, 1.54) is 29.8 Å². The number of rotatable bonds is 4. The second-order valence-electron chi connectivity index (χ2n) is 6.85. The lowest BCUT2D eigenvalue weighted by atomic mass is 10.1. The van der Waals surface area contributed by atoms with Crippen LogP contribution in [0.1, 0.15) is 35.8 Å². The van der Waals surface area contributed by atoms with Crippen molar-refractivity contribution in [1.29, 1.82) is 0 Å². The third-order valence-corrected chi connectivity index (χ3v) is 5.07. The molecule has 122 valence electrons. The van der Waals surface area contributed by atoms with Gasteiger partial charge in [-0.3, -0.25) is 4.90 Å². The fraction of sp³-hybridized carbons (Fsp3) is 0.368. The highest BCUT2D eigenvalue weighted by molar-refractivity contribution is 5.34. The molecule has 0 bridgehead atoms. The van der Waals surface area contributed by atoms with Crippen molar-refractivity contribution < 1.29 is 0 Å². The predicted molar refractivity (Wildman–Crippen MR) is 91.9 cm³/mol. The Labute approximate surface area is 141 Å². The number of hydrogen-bond acceptors (Lipinski definition) is 3. The maximum absolute atomic E-state index is 4.67. The van der Waals surface area contributed by atoms with Crippen LogP contribution in [0.2, 0.25) is 0 Å². The first-order valence-corrected chi connectivity index (χ1v) is 8.73. The van der Waals surface area contributed by atoms with Crippen molar-refractivity contribution in [2.24, 2.45) is 0 Å². The average molecular weight is 319 g/mol. The van der Waals surface area contributed by atoms with Gasteiger partial charge in [-0.15, -0.1) is 0 Å². The minimum Gasteiger partial charge on any atom is -0.331 e. The van der Waals surface area contributed by atoms with E-state index in [9.17, 15) is 0 Å². The van der Waals surface area contributed by atoms with Crippen molar-refractivity contribution in [3.8, 4) is 5.69 Å². The molecule has 0 N–H and O–H groups in total. The molecule has 0 unspecified atom stereocenters. The van der Waals surface area contributed by atoms with Gasteiger partial charge >= 0.3 is 0 Å². The number of hydrogen-bond donors (Lipinski definition) is 0. The fourth-order valence-electron chi connectivity index (χ4n) is 3.62. The Morgan fingerprint density at radius 2 is 2.00 bits per heavy atom. The van der Waals surface area contributed by atoms with Crippen molar-refractivity contribution >= 4 is 0 Å². The maximum atomic E-state index is 4.67. The normalized spacial score (nSPS) is 17.8. The minimum atomic E-state index is 0.739. The first kappa shape index (κ1) is 14.0. The molecule has 0 atom stereocenters. The molecule has 0 amide bonds. The number of imidazole rings is 1. The third kappa shape index (κ3) is 2.55. The summed E-state index contributed by atoms with van der Waals surface area (Å²) in [5.41, 5.74) is 5.20. The molecule has 0 saturated heterocycles. The molecule has 3 heterocycles.